The van der Waals surface area contributed by atoms with Crippen LogP contribution in [0, 0.1) is 12.5 Å². The van der Waals surface area contributed by atoms with E-state index < -0.39 is 32.2 Å². The van der Waals surface area contributed by atoms with Crippen molar-refractivity contribution in [3.8, 4) is 12.5 Å². The van der Waals surface area contributed by atoms with Crippen LogP contribution in [0.4, 0.5) is 0 Å². The number of hydrogen-bond acceptors (Lipinski definition) is 5. The van der Waals surface area contributed by atoms with Gasteiger partial charge in [-0.05, 0) is 11.6 Å². The van der Waals surface area contributed by atoms with E-state index in [2.05, 4.69) is 9.72 Å². The summed E-state index contributed by atoms with van der Waals surface area (Å²) in [7, 11) is -3.08. The number of aliphatic hydroxyl groups excluding tert-OH is 1. The Morgan fingerprint density at radius 3 is 2.89 bits per heavy atom. The second-order valence-electron chi connectivity index (χ2n) is 3.47. The van der Waals surface area contributed by atoms with Crippen molar-refractivity contribution in [2.75, 3.05) is 0 Å². The fraction of sp³-hybridized carbons (Fsp3) is 0.273. The van der Waals surface area contributed by atoms with E-state index in [0.717, 1.165) is 0 Å². The first kappa shape index (κ1) is 14.4. The summed E-state index contributed by atoms with van der Waals surface area (Å²) in [6.07, 6.45) is 7.48. The van der Waals surface area contributed by atoms with Crippen LogP contribution in [0.3, 0.4) is 0 Å². The molecule has 0 saturated carbocycles. The van der Waals surface area contributed by atoms with Gasteiger partial charge in [0.2, 0.25) is 0 Å². The van der Waals surface area contributed by atoms with Gasteiger partial charge in [0.25, 0.3) is 0 Å². The Labute approximate surface area is 104 Å². The summed E-state index contributed by atoms with van der Waals surface area (Å²) in [5, 5.41) is 9.80. The quantitative estimate of drug-likeness (QED) is 0.458. The molecule has 96 valence electrons. The molecule has 1 aromatic rings. The van der Waals surface area contributed by atoms with Crippen LogP contribution in [0.15, 0.2) is 24.5 Å². The standard InChI is InChI=1S/C11H12NO5P/c1-2-17-10(14)6-9(13)11(18(15)16)8-4-3-5-12-7-8/h1,3-5,7,9,11,13,18H,6H2,(H,15,16). The second-order valence-corrected chi connectivity index (χ2v) is 4.76. The molecule has 0 fully saturated rings. The molecule has 0 amide bonds. The molecule has 0 aromatic carbocycles. The Hall–Kier alpha value is -1.67. The maximum atomic E-state index is 11.3. The molecule has 0 spiro atoms. The third-order valence-corrected chi connectivity index (χ3v) is 3.49. The number of terminal acetylenes is 1. The van der Waals surface area contributed by atoms with E-state index in [1.165, 1.54) is 12.4 Å². The highest BCUT2D eigenvalue weighted by Crippen LogP contribution is 2.41. The molecule has 0 aliphatic carbocycles. The lowest BCUT2D eigenvalue weighted by Crippen LogP contribution is -2.21. The monoisotopic (exact) mass is 269 g/mol. The van der Waals surface area contributed by atoms with Gasteiger partial charge in [0.15, 0.2) is 8.03 Å². The minimum atomic E-state index is -3.08. The van der Waals surface area contributed by atoms with Gasteiger partial charge in [-0.2, -0.15) is 0 Å². The Bertz CT molecular complexity index is 470. The molecule has 0 aliphatic rings. The molecule has 0 saturated heterocycles. The van der Waals surface area contributed by atoms with Crippen LogP contribution in [0.1, 0.15) is 17.6 Å². The number of carbonyl (C=O) groups excluding carboxylic acids is 1. The molecular formula is C11H12NO5P. The molecule has 1 rings (SSSR count). The topological polar surface area (TPSA) is 96.7 Å². The lowest BCUT2D eigenvalue weighted by Gasteiger charge is -2.19. The van der Waals surface area contributed by atoms with Gasteiger partial charge in [0.05, 0.1) is 18.2 Å². The summed E-state index contributed by atoms with van der Waals surface area (Å²) in [5.41, 5.74) is -0.695. The summed E-state index contributed by atoms with van der Waals surface area (Å²) in [5.74, 6) is -0.831. The smallest absolute Gasteiger partial charge is 0.322 e. The molecule has 0 aliphatic heterocycles. The van der Waals surface area contributed by atoms with Gasteiger partial charge < -0.3 is 14.7 Å². The van der Waals surface area contributed by atoms with E-state index >= 15 is 0 Å². The van der Waals surface area contributed by atoms with E-state index in [1.54, 1.807) is 18.2 Å². The highest BCUT2D eigenvalue weighted by Gasteiger charge is 2.28. The summed E-state index contributed by atoms with van der Waals surface area (Å²) in [4.78, 5) is 24.1. The van der Waals surface area contributed by atoms with Gasteiger partial charge in [0.1, 0.15) is 6.11 Å². The number of pyridine rings is 1. The van der Waals surface area contributed by atoms with Gasteiger partial charge >= 0.3 is 5.97 Å². The van der Waals surface area contributed by atoms with Gasteiger partial charge in [-0.15, -0.1) is 0 Å². The highest BCUT2D eigenvalue weighted by atomic mass is 31.1. The Morgan fingerprint density at radius 2 is 2.39 bits per heavy atom. The lowest BCUT2D eigenvalue weighted by atomic mass is 10.1. The summed E-state index contributed by atoms with van der Waals surface area (Å²) < 4.78 is 15.5. The van der Waals surface area contributed by atoms with E-state index in [9.17, 15) is 19.4 Å². The molecule has 0 bridgehead atoms. The van der Waals surface area contributed by atoms with Crippen molar-refractivity contribution in [3.63, 3.8) is 0 Å². The lowest BCUT2D eigenvalue weighted by molar-refractivity contribution is -0.138. The average molecular weight is 269 g/mol. The van der Waals surface area contributed by atoms with Gasteiger partial charge in [-0.25, -0.2) is 0 Å². The van der Waals surface area contributed by atoms with Crippen LogP contribution in [0.25, 0.3) is 0 Å². The molecule has 1 aromatic heterocycles. The number of aromatic nitrogens is 1. The zero-order valence-electron chi connectivity index (χ0n) is 9.31. The van der Waals surface area contributed by atoms with Crippen LogP contribution >= 0.6 is 8.03 Å². The van der Waals surface area contributed by atoms with Crippen molar-refractivity contribution >= 4 is 14.0 Å². The van der Waals surface area contributed by atoms with Crippen molar-refractivity contribution < 1.29 is 24.1 Å². The molecule has 3 atom stereocenters. The molecule has 1 heterocycles. The van der Waals surface area contributed by atoms with E-state index in [-0.39, 0.29) is 0 Å². The van der Waals surface area contributed by atoms with E-state index in [1.807, 2.05) is 0 Å². The van der Waals surface area contributed by atoms with E-state index in [4.69, 9.17) is 6.42 Å². The molecule has 6 nitrogen and oxygen atoms in total. The van der Waals surface area contributed by atoms with Crippen LogP contribution in [0.5, 0.6) is 0 Å². The number of rotatable bonds is 5. The van der Waals surface area contributed by atoms with Gasteiger partial charge in [-0.1, -0.05) is 12.5 Å². The van der Waals surface area contributed by atoms with Crippen molar-refractivity contribution in [2.45, 2.75) is 18.2 Å². The number of esters is 1. The first-order valence-electron chi connectivity index (χ1n) is 5.02. The van der Waals surface area contributed by atoms with Crippen molar-refractivity contribution in [2.24, 2.45) is 0 Å². The molecule has 7 heteroatoms. The zero-order valence-corrected chi connectivity index (χ0v) is 10.3. The largest absolute Gasteiger partial charge is 0.391 e. The van der Waals surface area contributed by atoms with Crippen molar-refractivity contribution in [3.05, 3.63) is 30.1 Å². The van der Waals surface area contributed by atoms with Gasteiger partial charge in [0, 0.05) is 12.4 Å². The van der Waals surface area contributed by atoms with Gasteiger partial charge in [-0.3, -0.25) is 14.3 Å². The third-order valence-electron chi connectivity index (χ3n) is 2.24. The molecule has 2 N–H and O–H groups in total. The first-order valence-corrected chi connectivity index (χ1v) is 6.45. The highest BCUT2D eigenvalue weighted by molar-refractivity contribution is 7.38. The number of ether oxygens (including phenoxy) is 1. The predicted molar refractivity (Wildman–Crippen MR) is 63.7 cm³/mol. The Balaban J connectivity index is 2.84. The first-order chi connectivity index (χ1) is 8.56. The third kappa shape index (κ3) is 3.97. The zero-order chi connectivity index (χ0) is 13.5. The number of aliphatic hydroxyl groups is 1. The fourth-order valence-corrected chi connectivity index (χ4v) is 2.39. The van der Waals surface area contributed by atoms with Crippen LogP contribution in [-0.4, -0.2) is 27.1 Å². The predicted octanol–water partition coefficient (Wildman–Crippen LogP) is 0.475. The molecular weight excluding hydrogens is 257 g/mol. The molecule has 0 radical (unpaired) electrons. The minimum absolute atomic E-state index is 0.380. The maximum absolute atomic E-state index is 11.3. The van der Waals surface area contributed by atoms with Crippen molar-refractivity contribution in [1.29, 1.82) is 0 Å². The SMILES string of the molecule is C#COC(=O)CC(O)C(c1cccnc1)[PH](=O)O. The average Bonchev–Trinajstić information content (AvgIpc) is 2.30. The second kappa shape index (κ2) is 6.92. The fourth-order valence-electron chi connectivity index (χ4n) is 1.49. The number of carbonyl (C=O) groups is 1. The summed E-state index contributed by atoms with van der Waals surface area (Å²) in [6.45, 7) is 0. The van der Waals surface area contributed by atoms with Crippen LogP contribution in [0.2, 0.25) is 0 Å². The van der Waals surface area contributed by atoms with Crippen molar-refractivity contribution in [1.82, 2.24) is 4.98 Å². The maximum Gasteiger partial charge on any atom is 0.322 e. The van der Waals surface area contributed by atoms with Crippen LogP contribution < -0.4 is 0 Å². The number of nitrogens with zero attached hydrogens (tertiary/aromatic N) is 1. The summed E-state index contributed by atoms with van der Waals surface area (Å²) >= 11 is 0. The Kier molecular flexibility index (Phi) is 5.53. The van der Waals surface area contributed by atoms with E-state index in [0.29, 0.717) is 5.56 Å². The number of hydrogen-bond donors (Lipinski definition) is 2. The molecule has 18 heavy (non-hydrogen) atoms. The summed E-state index contributed by atoms with van der Waals surface area (Å²) in [6, 6.07) is 3.12. The van der Waals surface area contributed by atoms with Crippen LogP contribution in [-0.2, 0) is 14.1 Å². The normalized spacial score (nSPS) is 15.2. The Morgan fingerprint density at radius 1 is 1.67 bits per heavy atom. The minimum Gasteiger partial charge on any atom is -0.391 e. The molecule has 3 unspecified atom stereocenters.